The van der Waals surface area contributed by atoms with Crippen molar-refractivity contribution < 1.29 is 40.7 Å². The fourth-order valence-corrected chi connectivity index (χ4v) is 11.8. The standard InChI is InChI=1S/C28H25FN6O2.C27H22F3N7O.C27H21F2N9O/c1-16-5-8-20(12-23(16)29)17(2)33-27(36)22-4-3-11-30-25(22)31-14-18-6-9-19(10-7-18)21-13-24-26(32-15-21)35-28(37)34-24;1-27(29,30)18-11-22(26(38)35-20-8-6-19(28)7-9-20)24(34-14-18)32-12-15-2-4-16(5-3-15)17-10-21-23(31)36-37-25(21)33-13-17;1-38(14-16-4-7-21(28)22(29)8-16)27(39)23-26(34-13-19(10-30)35-23)32-11-15-2-5-17(6-3-15)18-9-20-24(31)36-37-25(20)33-12-18/h3-13,15,17H,14H2,1-2H3,(H,30,31)(H,33,36)(H2,32,34,35,37);2-11,13-14H,12H2,1H3,(H,32,34)(H,35,38)(H3,31,33,36,37);2-9,12-13H,11,14H2,1H3,(H,32,34)(H3,31,33,36,37)/t17-;;/m0../s1. The van der Waals surface area contributed by atoms with Crippen LogP contribution in [-0.4, -0.2) is 94.9 Å². The van der Waals surface area contributed by atoms with E-state index in [2.05, 4.69) is 91.8 Å². The summed E-state index contributed by atoms with van der Waals surface area (Å²) in [6, 6.07) is 48.4. The van der Waals surface area contributed by atoms with Gasteiger partial charge in [0.2, 0.25) is 0 Å². The van der Waals surface area contributed by atoms with E-state index in [1.165, 1.54) is 54.5 Å². The number of hydrogen-bond donors (Lipinski definition) is 11. The normalized spacial score (nSPS) is 11.4. The van der Waals surface area contributed by atoms with Crippen molar-refractivity contribution in [2.45, 2.75) is 58.9 Å². The third kappa shape index (κ3) is 18.4. The number of carbonyl (C=O) groups excluding carboxylic acids is 3. The summed E-state index contributed by atoms with van der Waals surface area (Å²) in [7, 11) is 1.50. The number of rotatable bonds is 21. The Kier molecular flexibility index (Phi) is 22.8. The van der Waals surface area contributed by atoms with Crippen molar-refractivity contribution in [3.05, 3.63) is 302 Å². The van der Waals surface area contributed by atoms with Gasteiger partial charge in [-0.2, -0.15) is 15.5 Å². The van der Waals surface area contributed by atoms with Gasteiger partial charge in [-0.05, 0) is 143 Å². The van der Waals surface area contributed by atoms with Crippen molar-refractivity contribution >= 4 is 85.7 Å². The number of nitrogens with zero attached hydrogens (tertiary/aromatic N) is 11. The second-order valence-electron chi connectivity index (χ2n) is 26.4. The number of pyridine rings is 5. The number of halogens is 6. The molecular formula is C82H68F6N22O4. The molecule has 0 spiro atoms. The first kappa shape index (κ1) is 77.0. The van der Waals surface area contributed by atoms with Crippen LogP contribution < -0.4 is 43.7 Å². The van der Waals surface area contributed by atoms with Gasteiger partial charge in [-0.3, -0.25) is 29.6 Å². The molecule has 15 rings (SSSR count). The molecule has 26 nitrogen and oxygen atoms in total. The molecule has 3 amide bonds. The molecule has 0 bridgehead atoms. The van der Waals surface area contributed by atoms with E-state index in [1.807, 2.05) is 104 Å². The highest BCUT2D eigenvalue weighted by molar-refractivity contribution is 6.07. The number of nitrogens with two attached hydrogens (primary N) is 2. The maximum Gasteiger partial charge on any atom is 0.325 e. The smallest absolute Gasteiger partial charge is 0.325 e. The summed E-state index contributed by atoms with van der Waals surface area (Å²) in [5, 5.41) is 39.1. The van der Waals surface area contributed by atoms with Crippen molar-refractivity contribution in [2.75, 3.05) is 39.8 Å². The summed E-state index contributed by atoms with van der Waals surface area (Å²) in [4.78, 5) is 87.0. The Morgan fingerprint density at radius 2 is 1.12 bits per heavy atom. The molecule has 572 valence electrons. The average molecular weight is 1540 g/mol. The molecule has 0 radical (unpaired) electrons. The lowest BCUT2D eigenvalue weighted by Gasteiger charge is -2.19. The SMILES string of the molecule is CC(F)(F)c1cnc(NCc2ccc(-c3cnc4n[nH]c(N)c4c3)cc2)c(C(=O)Nc2ccc(F)cc2)c1.CN(Cc1ccc(F)c(F)c1)C(=O)c1nc(C#N)cnc1NCc1ccc(-c2cnc3n[nH]c(N)c3c2)cc1.Cc1ccc([C@H](C)NC(=O)c2cccnc2NCc2ccc(-c3cnc4[nH]c(=O)[nH]c4c3)cc2)cc1F. The number of nitriles is 1. The average Bonchev–Trinajstić information content (AvgIpc) is 1.79. The highest BCUT2D eigenvalue weighted by atomic mass is 19.3. The summed E-state index contributed by atoms with van der Waals surface area (Å²) in [5.74, 6) is -5.77. The lowest BCUT2D eigenvalue weighted by molar-refractivity contribution is 0.0171. The first-order chi connectivity index (χ1) is 54.9. The number of nitrogens with one attached hydrogen (secondary N) is 9. The van der Waals surface area contributed by atoms with E-state index in [4.69, 9.17) is 11.5 Å². The Hall–Kier alpha value is -15.2. The number of alkyl halides is 2. The van der Waals surface area contributed by atoms with Crippen LogP contribution in [0.1, 0.15) is 95.7 Å². The second-order valence-corrected chi connectivity index (χ2v) is 26.4. The number of hydrogen-bond acceptors (Lipinski definition) is 19. The van der Waals surface area contributed by atoms with Crippen molar-refractivity contribution in [2.24, 2.45) is 0 Å². The molecule has 6 aromatic carbocycles. The van der Waals surface area contributed by atoms with Gasteiger partial charge >= 0.3 is 5.69 Å². The van der Waals surface area contributed by atoms with Gasteiger partial charge in [-0.15, -0.1) is 0 Å². The zero-order chi connectivity index (χ0) is 80.3. The van der Waals surface area contributed by atoms with Gasteiger partial charge in [0.25, 0.3) is 23.6 Å². The zero-order valence-corrected chi connectivity index (χ0v) is 61.0. The Morgan fingerprint density at radius 3 is 1.69 bits per heavy atom. The van der Waals surface area contributed by atoms with Crippen LogP contribution in [0.3, 0.4) is 0 Å². The topological polar surface area (TPSA) is 387 Å². The molecular weight excluding hydrogens is 1470 g/mol. The number of anilines is 6. The number of carbonyl (C=O) groups is 3. The maximum atomic E-state index is 14.0. The highest BCUT2D eigenvalue weighted by Gasteiger charge is 2.28. The number of aryl methyl sites for hydroxylation is 1. The van der Waals surface area contributed by atoms with Gasteiger partial charge in [-0.25, -0.2) is 66.0 Å². The lowest BCUT2D eigenvalue weighted by atomic mass is 10.0. The number of aromatic amines is 4. The number of aromatic nitrogens is 13. The third-order valence-corrected chi connectivity index (χ3v) is 18.2. The summed E-state index contributed by atoms with van der Waals surface area (Å²) < 4.78 is 82.0. The molecule has 9 heterocycles. The van der Waals surface area contributed by atoms with E-state index in [-0.39, 0.29) is 65.1 Å². The molecule has 15 aromatic rings. The summed E-state index contributed by atoms with van der Waals surface area (Å²) in [6.07, 6.45) is 9.06. The highest BCUT2D eigenvalue weighted by Crippen LogP contribution is 2.32. The molecule has 9 aromatic heterocycles. The maximum absolute atomic E-state index is 14.0. The second kappa shape index (κ2) is 33.8. The molecule has 0 fully saturated rings. The quantitative estimate of drug-likeness (QED) is 0.0298. The van der Waals surface area contributed by atoms with E-state index >= 15 is 0 Å². The number of imidazole rings is 1. The number of amides is 3. The largest absolute Gasteiger partial charge is 0.384 e. The van der Waals surface area contributed by atoms with Crippen molar-refractivity contribution in [3.63, 3.8) is 0 Å². The molecule has 0 aliphatic rings. The molecule has 0 unspecified atom stereocenters. The Labute approximate surface area is 644 Å². The molecule has 0 aliphatic heterocycles. The molecule has 32 heteroatoms. The van der Waals surface area contributed by atoms with Crippen LogP contribution in [0, 0.1) is 41.5 Å². The third-order valence-electron chi connectivity index (χ3n) is 18.2. The van der Waals surface area contributed by atoms with E-state index < -0.39 is 40.8 Å². The minimum Gasteiger partial charge on any atom is -0.384 e. The van der Waals surface area contributed by atoms with Crippen LogP contribution in [0.2, 0.25) is 0 Å². The number of fused-ring (bicyclic) bond motifs is 3. The van der Waals surface area contributed by atoms with Crippen LogP contribution in [0.4, 0.5) is 61.1 Å². The van der Waals surface area contributed by atoms with E-state index in [0.717, 1.165) is 92.2 Å². The monoisotopic (exact) mass is 1540 g/mol. The van der Waals surface area contributed by atoms with Crippen LogP contribution >= 0.6 is 0 Å². The fraction of sp³-hybridized carbons (Fsp3) is 0.122. The van der Waals surface area contributed by atoms with Crippen LogP contribution in [0.5, 0.6) is 0 Å². The predicted octanol–water partition coefficient (Wildman–Crippen LogP) is 14.6. The van der Waals surface area contributed by atoms with Crippen LogP contribution in [0.15, 0.2) is 212 Å². The number of nitrogen functional groups attached to an aromatic ring is 2. The van der Waals surface area contributed by atoms with Gasteiger partial charge in [0.15, 0.2) is 45.8 Å². The summed E-state index contributed by atoms with van der Waals surface area (Å²) in [5.41, 5.74) is 23.7. The predicted molar refractivity (Wildman–Crippen MR) is 420 cm³/mol. The van der Waals surface area contributed by atoms with Gasteiger partial charge in [0.05, 0.1) is 39.7 Å². The lowest BCUT2D eigenvalue weighted by Crippen LogP contribution is -2.28. The van der Waals surface area contributed by atoms with Crippen LogP contribution in [0.25, 0.3) is 66.6 Å². The first-order valence-electron chi connectivity index (χ1n) is 35.1. The molecule has 13 N–H and O–H groups in total. The van der Waals surface area contributed by atoms with E-state index in [9.17, 15) is 50.8 Å². The molecule has 0 saturated heterocycles. The summed E-state index contributed by atoms with van der Waals surface area (Å²) >= 11 is 0. The number of H-pyrrole nitrogens is 4. The van der Waals surface area contributed by atoms with Crippen molar-refractivity contribution in [1.82, 2.24) is 75.5 Å². The molecule has 0 saturated carbocycles. The zero-order valence-electron chi connectivity index (χ0n) is 61.0. The molecule has 0 aliphatic carbocycles. The molecule has 1 atom stereocenters. The Bertz CT molecular complexity index is 6170. The van der Waals surface area contributed by atoms with Crippen molar-refractivity contribution in [3.8, 4) is 39.4 Å². The van der Waals surface area contributed by atoms with Gasteiger partial charge in [0, 0.05) is 99.1 Å². The minimum absolute atomic E-state index is 0.000509. The first-order valence-corrected chi connectivity index (χ1v) is 35.1. The van der Waals surface area contributed by atoms with Gasteiger partial charge in [-0.1, -0.05) is 91.0 Å². The fourth-order valence-electron chi connectivity index (χ4n) is 11.8. The Morgan fingerprint density at radius 1 is 0.570 bits per heavy atom. The minimum atomic E-state index is -3.19. The summed E-state index contributed by atoms with van der Waals surface area (Å²) in [6.45, 7) is 5.30. The van der Waals surface area contributed by atoms with Crippen molar-refractivity contribution in [1.29, 1.82) is 5.26 Å². The van der Waals surface area contributed by atoms with Gasteiger partial charge in [0.1, 0.15) is 41.0 Å². The van der Waals surface area contributed by atoms with E-state index in [0.29, 0.717) is 80.9 Å². The van der Waals surface area contributed by atoms with Crippen LogP contribution in [-0.2, 0) is 32.1 Å². The Balaban J connectivity index is 0.000000149. The van der Waals surface area contributed by atoms with Gasteiger partial charge < -0.3 is 47.9 Å². The number of benzene rings is 6. The molecule has 114 heavy (non-hydrogen) atoms. The van der Waals surface area contributed by atoms with E-state index in [1.54, 1.807) is 56.0 Å².